The second-order valence-electron chi connectivity index (χ2n) is 5.70. The zero-order valence-corrected chi connectivity index (χ0v) is 10.8. The van der Waals surface area contributed by atoms with Crippen LogP contribution in [0.15, 0.2) is 10.9 Å². The molecule has 0 aliphatic heterocycles. The van der Waals surface area contributed by atoms with E-state index in [0.29, 0.717) is 17.6 Å². The molecule has 2 fully saturated rings. The molecule has 0 saturated heterocycles. The lowest BCUT2D eigenvalue weighted by atomic mass is 9.96. The van der Waals surface area contributed by atoms with Crippen LogP contribution in [0.1, 0.15) is 44.3 Å². The zero-order valence-electron chi connectivity index (χ0n) is 10.8. The molecule has 6 nitrogen and oxygen atoms in total. The number of aromatic nitrogens is 2. The van der Waals surface area contributed by atoms with E-state index in [0.717, 1.165) is 25.7 Å². The fourth-order valence-electron chi connectivity index (χ4n) is 2.35. The summed E-state index contributed by atoms with van der Waals surface area (Å²) in [6.45, 7) is 1.66. The maximum absolute atomic E-state index is 11.6. The number of rotatable bonds is 5. The van der Waals surface area contributed by atoms with E-state index in [2.05, 4.69) is 15.3 Å². The van der Waals surface area contributed by atoms with Crippen LogP contribution in [-0.2, 0) is 4.79 Å². The van der Waals surface area contributed by atoms with Gasteiger partial charge in [-0.2, -0.15) is 0 Å². The van der Waals surface area contributed by atoms with Gasteiger partial charge in [-0.1, -0.05) is 0 Å². The summed E-state index contributed by atoms with van der Waals surface area (Å²) in [5.41, 5.74) is -1.27. The molecule has 3 N–H and O–H groups in total. The molecule has 0 bridgehead atoms. The molecule has 0 spiro atoms. The predicted octanol–water partition coefficient (Wildman–Crippen LogP) is 1.31. The first-order valence-corrected chi connectivity index (χ1v) is 6.62. The molecule has 6 heteroatoms. The molecule has 1 unspecified atom stereocenters. The fourth-order valence-corrected chi connectivity index (χ4v) is 2.35. The minimum Gasteiger partial charge on any atom is -0.480 e. The van der Waals surface area contributed by atoms with Crippen LogP contribution in [-0.4, -0.2) is 26.6 Å². The molecule has 3 rings (SSSR count). The Balaban J connectivity index is 1.89. The van der Waals surface area contributed by atoms with Crippen molar-refractivity contribution in [2.24, 2.45) is 5.92 Å². The van der Waals surface area contributed by atoms with Crippen LogP contribution in [0.4, 0.5) is 5.82 Å². The van der Waals surface area contributed by atoms with Gasteiger partial charge in [-0.05, 0) is 38.5 Å². The molecule has 0 amide bonds. The largest absolute Gasteiger partial charge is 0.480 e. The van der Waals surface area contributed by atoms with Crippen molar-refractivity contribution in [2.45, 2.75) is 44.1 Å². The van der Waals surface area contributed by atoms with E-state index in [-0.39, 0.29) is 11.5 Å². The number of hydrogen-bond donors (Lipinski definition) is 3. The van der Waals surface area contributed by atoms with E-state index in [4.69, 9.17) is 0 Å². The van der Waals surface area contributed by atoms with Crippen LogP contribution in [0.2, 0.25) is 0 Å². The maximum atomic E-state index is 11.6. The third-order valence-corrected chi connectivity index (χ3v) is 3.95. The molecule has 1 heterocycles. The molecule has 102 valence electrons. The van der Waals surface area contributed by atoms with E-state index in [1.807, 2.05) is 0 Å². The Labute approximate surface area is 110 Å². The first-order chi connectivity index (χ1) is 8.99. The minimum atomic E-state index is -1.04. The van der Waals surface area contributed by atoms with Crippen molar-refractivity contribution < 1.29 is 9.90 Å². The van der Waals surface area contributed by atoms with Crippen molar-refractivity contribution in [1.82, 2.24) is 9.97 Å². The Morgan fingerprint density at radius 3 is 2.68 bits per heavy atom. The number of carboxylic acid groups (broad SMARTS) is 1. The van der Waals surface area contributed by atoms with E-state index in [1.54, 1.807) is 6.92 Å². The van der Waals surface area contributed by atoms with Crippen molar-refractivity contribution in [1.29, 1.82) is 0 Å². The van der Waals surface area contributed by atoms with Crippen LogP contribution in [0, 0.1) is 5.92 Å². The average Bonchev–Trinajstić information content (AvgIpc) is 3.17. The number of nitrogens with one attached hydrogen (secondary N) is 2. The highest BCUT2D eigenvalue weighted by molar-refractivity contribution is 5.82. The summed E-state index contributed by atoms with van der Waals surface area (Å²) in [4.78, 5) is 30.1. The van der Waals surface area contributed by atoms with Crippen LogP contribution >= 0.6 is 0 Å². The number of hydrogen-bond acceptors (Lipinski definition) is 4. The SMILES string of the molecule is CC(Nc1cc(=O)[nH]c(C2CC2)n1)(C(=O)O)C1CC1. The first-order valence-electron chi connectivity index (χ1n) is 6.62. The topological polar surface area (TPSA) is 95.1 Å². The minimum absolute atomic E-state index is 0.107. The quantitative estimate of drug-likeness (QED) is 0.744. The summed E-state index contributed by atoms with van der Waals surface area (Å²) in [5, 5.41) is 12.3. The van der Waals surface area contributed by atoms with Crippen LogP contribution in [0.5, 0.6) is 0 Å². The highest BCUT2D eigenvalue weighted by atomic mass is 16.4. The molecule has 0 aromatic carbocycles. The third kappa shape index (κ3) is 2.34. The lowest BCUT2D eigenvalue weighted by Crippen LogP contribution is -2.46. The van der Waals surface area contributed by atoms with Gasteiger partial charge >= 0.3 is 5.97 Å². The van der Waals surface area contributed by atoms with Gasteiger partial charge < -0.3 is 15.4 Å². The van der Waals surface area contributed by atoms with Crippen molar-refractivity contribution in [3.05, 3.63) is 22.2 Å². The van der Waals surface area contributed by atoms with Gasteiger partial charge in [0.1, 0.15) is 17.2 Å². The Morgan fingerprint density at radius 2 is 2.16 bits per heavy atom. The maximum Gasteiger partial charge on any atom is 0.329 e. The van der Waals surface area contributed by atoms with Gasteiger partial charge in [0.25, 0.3) is 5.56 Å². The van der Waals surface area contributed by atoms with Gasteiger partial charge in [-0.15, -0.1) is 0 Å². The predicted molar refractivity (Wildman–Crippen MR) is 69.2 cm³/mol. The van der Waals surface area contributed by atoms with Gasteiger partial charge in [0, 0.05) is 12.0 Å². The Morgan fingerprint density at radius 1 is 1.47 bits per heavy atom. The van der Waals surface area contributed by atoms with E-state index < -0.39 is 11.5 Å². The van der Waals surface area contributed by atoms with Crippen molar-refractivity contribution in [3.63, 3.8) is 0 Å². The number of nitrogens with zero attached hydrogens (tertiary/aromatic N) is 1. The van der Waals surface area contributed by atoms with Crippen LogP contribution in [0.3, 0.4) is 0 Å². The number of carbonyl (C=O) groups is 1. The number of aromatic amines is 1. The standard InChI is InChI=1S/C13H17N3O3/c1-13(12(18)19,8-4-5-8)16-9-6-10(17)15-11(14-9)7-2-3-7/h6-8H,2-5H2,1H3,(H,18,19)(H2,14,15,16,17). The van der Waals surface area contributed by atoms with E-state index in [1.165, 1.54) is 6.07 Å². The molecule has 2 saturated carbocycles. The van der Waals surface area contributed by atoms with E-state index >= 15 is 0 Å². The summed E-state index contributed by atoms with van der Waals surface area (Å²) in [7, 11) is 0. The van der Waals surface area contributed by atoms with Gasteiger partial charge in [-0.25, -0.2) is 9.78 Å². The monoisotopic (exact) mass is 263 g/mol. The third-order valence-electron chi connectivity index (χ3n) is 3.95. The molecular weight excluding hydrogens is 246 g/mol. The highest BCUT2D eigenvalue weighted by Crippen LogP contribution is 2.42. The Hall–Kier alpha value is -1.85. The molecule has 1 atom stereocenters. The van der Waals surface area contributed by atoms with Crippen LogP contribution in [0.25, 0.3) is 0 Å². The molecule has 19 heavy (non-hydrogen) atoms. The summed E-state index contributed by atoms with van der Waals surface area (Å²) in [5.74, 6) is 0.563. The second-order valence-corrected chi connectivity index (χ2v) is 5.70. The van der Waals surface area contributed by atoms with Crippen molar-refractivity contribution >= 4 is 11.8 Å². The lowest BCUT2D eigenvalue weighted by Gasteiger charge is -2.26. The zero-order chi connectivity index (χ0) is 13.6. The number of carboxylic acids is 1. The molecular formula is C13H17N3O3. The second kappa shape index (κ2) is 4.08. The number of H-pyrrole nitrogens is 1. The van der Waals surface area contributed by atoms with Crippen LogP contribution < -0.4 is 10.9 Å². The summed E-state index contributed by atoms with van der Waals surface area (Å²) < 4.78 is 0. The van der Waals surface area contributed by atoms with Gasteiger partial charge in [0.2, 0.25) is 0 Å². The molecule has 2 aliphatic rings. The normalized spacial score (nSPS) is 21.7. The van der Waals surface area contributed by atoms with E-state index in [9.17, 15) is 14.7 Å². The number of aliphatic carboxylic acids is 1. The Bertz CT molecular complexity index is 575. The number of anilines is 1. The highest BCUT2D eigenvalue weighted by Gasteiger charge is 2.48. The van der Waals surface area contributed by atoms with Crippen molar-refractivity contribution in [3.8, 4) is 0 Å². The first kappa shape index (κ1) is 12.2. The molecule has 1 aromatic rings. The fraction of sp³-hybridized carbons (Fsp3) is 0.615. The van der Waals surface area contributed by atoms with Gasteiger partial charge in [-0.3, -0.25) is 4.79 Å². The summed E-state index contributed by atoms with van der Waals surface area (Å²) in [6, 6.07) is 1.33. The summed E-state index contributed by atoms with van der Waals surface area (Å²) in [6.07, 6.45) is 3.86. The van der Waals surface area contributed by atoms with Gasteiger partial charge in [0.05, 0.1) is 0 Å². The molecule has 1 aromatic heterocycles. The average molecular weight is 263 g/mol. The molecule has 2 aliphatic carbocycles. The molecule has 0 radical (unpaired) electrons. The lowest BCUT2D eigenvalue weighted by molar-refractivity contribution is -0.142. The smallest absolute Gasteiger partial charge is 0.329 e. The van der Waals surface area contributed by atoms with Crippen molar-refractivity contribution in [2.75, 3.05) is 5.32 Å². The van der Waals surface area contributed by atoms with Gasteiger partial charge in [0.15, 0.2) is 0 Å². The summed E-state index contributed by atoms with van der Waals surface area (Å²) >= 11 is 0. The Kier molecular flexibility index (Phi) is 2.62.